The van der Waals surface area contributed by atoms with Crippen LogP contribution in [-0.2, 0) is 0 Å². The van der Waals surface area contributed by atoms with Crippen LogP contribution in [-0.4, -0.2) is 0 Å². The molecule has 54 heavy (non-hydrogen) atoms. The maximum absolute atomic E-state index is 6.59. The average molecular weight is 703 g/mol. The largest absolute Gasteiger partial charge is 0.455 e. The first kappa shape index (κ1) is 29.8. The van der Waals surface area contributed by atoms with Crippen molar-refractivity contribution in [2.24, 2.45) is 0 Å². The summed E-state index contributed by atoms with van der Waals surface area (Å²) in [7, 11) is 0. The number of furan rings is 1. The van der Waals surface area contributed by atoms with E-state index in [-0.39, 0.29) is 0 Å². The molecule has 0 saturated carbocycles. The summed E-state index contributed by atoms with van der Waals surface area (Å²) in [4.78, 5) is 0. The molecule has 0 atom stereocenters. The molecular weight excluding hydrogens is 673 g/mol. The van der Waals surface area contributed by atoms with Crippen molar-refractivity contribution in [2.45, 2.75) is 0 Å². The summed E-state index contributed by atoms with van der Waals surface area (Å²) in [5, 5.41) is 14.9. The SMILES string of the molecule is c1ccc2cc(-c3c4ccccc4c(-c4ccc(-c5c6ccccc6cc6c5sc5ccc7c8ccccc8oc7c56)cc4)c4ccccc34)ccc2c1. The fourth-order valence-electron chi connectivity index (χ4n) is 9.03. The van der Waals surface area contributed by atoms with Crippen molar-refractivity contribution in [2.75, 3.05) is 0 Å². The van der Waals surface area contributed by atoms with E-state index in [4.69, 9.17) is 4.42 Å². The van der Waals surface area contributed by atoms with E-state index in [0.29, 0.717) is 0 Å². The Morgan fingerprint density at radius 1 is 0.333 bits per heavy atom. The summed E-state index contributed by atoms with van der Waals surface area (Å²) in [5.74, 6) is 0. The fourth-order valence-corrected chi connectivity index (χ4v) is 10.3. The smallest absolute Gasteiger partial charge is 0.144 e. The fraction of sp³-hybridized carbons (Fsp3) is 0. The van der Waals surface area contributed by atoms with Gasteiger partial charge in [-0.25, -0.2) is 0 Å². The van der Waals surface area contributed by atoms with Gasteiger partial charge in [0.25, 0.3) is 0 Å². The van der Waals surface area contributed by atoms with Gasteiger partial charge in [0, 0.05) is 36.5 Å². The minimum absolute atomic E-state index is 0.932. The third kappa shape index (κ3) is 4.26. The van der Waals surface area contributed by atoms with Crippen LogP contribution in [0.5, 0.6) is 0 Å². The third-order valence-corrected chi connectivity index (χ3v) is 12.6. The summed E-state index contributed by atoms with van der Waals surface area (Å²) < 4.78 is 9.12. The highest BCUT2D eigenvalue weighted by Crippen LogP contribution is 2.49. The Labute approximate surface area is 314 Å². The van der Waals surface area contributed by atoms with Crippen molar-refractivity contribution in [3.63, 3.8) is 0 Å². The van der Waals surface area contributed by atoms with Crippen molar-refractivity contribution in [3.8, 4) is 33.4 Å². The van der Waals surface area contributed by atoms with Crippen molar-refractivity contribution >= 4 is 96.5 Å². The molecule has 0 aliphatic carbocycles. The lowest BCUT2D eigenvalue weighted by molar-refractivity contribution is 0.673. The average Bonchev–Trinajstić information content (AvgIpc) is 3.80. The summed E-state index contributed by atoms with van der Waals surface area (Å²) in [6.45, 7) is 0. The number of fused-ring (bicyclic) bond motifs is 11. The lowest BCUT2D eigenvalue weighted by Gasteiger charge is -2.18. The predicted molar refractivity (Wildman–Crippen MR) is 233 cm³/mol. The Morgan fingerprint density at radius 2 is 0.870 bits per heavy atom. The topological polar surface area (TPSA) is 13.1 Å². The van der Waals surface area contributed by atoms with Crippen molar-refractivity contribution in [1.29, 1.82) is 0 Å². The minimum Gasteiger partial charge on any atom is -0.455 e. The first-order chi connectivity index (χ1) is 26.8. The number of hydrogen-bond acceptors (Lipinski definition) is 2. The zero-order valence-electron chi connectivity index (χ0n) is 29.1. The molecule has 0 bridgehead atoms. The number of hydrogen-bond donors (Lipinski definition) is 0. The number of para-hydroxylation sites is 1. The second kappa shape index (κ2) is 11.4. The Morgan fingerprint density at radius 3 is 1.57 bits per heavy atom. The molecule has 0 radical (unpaired) electrons. The van der Waals surface area contributed by atoms with Crippen molar-refractivity contribution in [3.05, 3.63) is 182 Å². The molecule has 0 unspecified atom stereocenters. The van der Waals surface area contributed by atoms with Gasteiger partial charge in [-0.05, 0) is 101 Å². The standard InChI is InChI=1S/C52H30OS/c1-2-12-34-29-36(26-21-31(34)11-1)48-41-18-7-5-16-39(41)47(40-17-6-8-19-42(40)48)32-22-24-33(25-23-32)49-37-14-4-3-13-35(37)30-44-50-46(54-52(44)49)28-27-43-38-15-9-10-20-45(38)53-51(43)50/h1-30H. The Bertz CT molecular complexity index is 3430. The van der Waals surface area contributed by atoms with Gasteiger partial charge in [0.1, 0.15) is 11.2 Å². The van der Waals surface area contributed by atoms with Gasteiger partial charge in [-0.3, -0.25) is 0 Å². The third-order valence-electron chi connectivity index (χ3n) is 11.4. The highest BCUT2D eigenvalue weighted by molar-refractivity contribution is 7.26. The first-order valence-corrected chi connectivity index (χ1v) is 19.3. The highest BCUT2D eigenvalue weighted by Gasteiger charge is 2.21. The second-order valence-electron chi connectivity index (χ2n) is 14.3. The molecule has 2 heterocycles. The zero-order valence-corrected chi connectivity index (χ0v) is 30.0. The number of benzene rings is 10. The maximum atomic E-state index is 6.59. The summed E-state index contributed by atoms with van der Waals surface area (Å²) in [5.41, 5.74) is 9.42. The maximum Gasteiger partial charge on any atom is 0.144 e. The number of thiophene rings is 1. The van der Waals surface area contributed by atoms with Crippen LogP contribution in [0.2, 0.25) is 0 Å². The van der Waals surface area contributed by atoms with Crippen LogP contribution in [0.25, 0.3) is 119 Å². The van der Waals surface area contributed by atoms with Gasteiger partial charge < -0.3 is 4.42 Å². The van der Waals surface area contributed by atoms with E-state index in [0.717, 1.165) is 16.6 Å². The van der Waals surface area contributed by atoms with E-state index in [9.17, 15) is 0 Å². The van der Waals surface area contributed by atoms with Crippen LogP contribution in [0.4, 0.5) is 0 Å². The van der Waals surface area contributed by atoms with Crippen molar-refractivity contribution < 1.29 is 4.42 Å². The van der Waals surface area contributed by atoms with Crippen LogP contribution in [0.15, 0.2) is 186 Å². The van der Waals surface area contributed by atoms with Gasteiger partial charge >= 0.3 is 0 Å². The molecular formula is C52H30OS. The van der Waals surface area contributed by atoms with E-state index in [1.807, 2.05) is 17.4 Å². The molecule has 0 amide bonds. The first-order valence-electron chi connectivity index (χ1n) is 18.5. The second-order valence-corrected chi connectivity index (χ2v) is 15.4. The van der Waals surface area contributed by atoms with E-state index in [1.54, 1.807) is 0 Å². The molecule has 0 aliphatic rings. The molecule has 2 aromatic heterocycles. The van der Waals surface area contributed by atoms with Crippen LogP contribution in [0.3, 0.4) is 0 Å². The molecule has 1 nitrogen and oxygen atoms in total. The van der Waals surface area contributed by atoms with E-state index >= 15 is 0 Å². The van der Waals surface area contributed by atoms with Crippen LogP contribution >= 0.6 is 11.3 Å². The van der Waals surface area contributed by atoms with Crippen LogP contribution in [0.1, 0.15) is 0 Å². The Hall–Kier alpha value is -6.74. The van der Waals surface area contributed by atoms with E-state index in [2.05, 4.69) is 176 Å². The predicted octanol–water partition coefficient (Wildman–Crippen LogP) is 15.6. The molecule has 12 rings (SSSR count). The summed E-state index contributed by atoms with van der Waals surface area (Å²) >= 11 is 1.87. The molecule has 10 aromatic carbocycles. The lowest BCUT2D eigenvalue weighted by atomic mass is 9.85. The highest BCUT2D eigenvalue weighted by atomic mass is 32.1. The molecule has 0 fully saturated rings. The Kier molecular flexibility index (Phi) is 6.28. The molecule has 0 N–H and O–H groups in total. The summed E-state index contributed by atoms with van der Waals surface area (Å²) in [6.07, 6.45) is 0. The molecule has 12 aromatic rings. The van der Waals surface area contributed by atoms with Gasteiger partial charge in [-0.15, -0.1) is 11.3 Å². The molecule has 0 saturated heterocycles. The zero-order chi connectivity index (χ0) is 35.3. The van der Waals surface area contributed by atoms with Crippen LogP contribution in [0, 0.1) is 0 Å². The Balaban J connectivity index is 1.08. The molecule has 2 heteroatoms. The summed E-state index contributed by atoms with van der Waals surface area (Å²) in [6, 6.07) is 66.7. The minimum atomic E-state index is 0.932. The van der Waals surface area contributed by atoms with Crippen molar-refractivity contribution in [1.82, 2.24) is 0 Å². The van der Waals surface area contributed by atoms with E-state index < -0.39 is 0 Å². The van der Waals surface area contributed by atoms with Gasteiger partial charge in [-0.2, -0.15) is 0 Å². The number of rotatable bonds is 3. The molecule has 0 spiro atoms. The lowest BCUT2D eigenvalue weighted by Crippen LogP contribution is -1.91. The van der Waals surface area contributed by atoms with Gasteiger partial charge in [0.05, 0.1) is 0 Å². The quantitative estimate of drug-likeness (QED) is 0.167. The monoisotopic (exact) mass is 702 g/mol. The van der Waals surface area contributed by atoms with Crippen LogP contribution < -0.4 is 0 Å². The normalized spacial score (nSPS) is 12.1. The van der Waals surface area contributed by atoms with Gasteiger partial charge in [0.15, 0.2) is 0 Å². The van der Waals surface area contributed by atoms with Gasteiger partial charge in [-0.1, -0.05) is 152 Å². The molecule has 250 valence electrons. The van der Waals surface area contributed by atoms with Gasteiger partial charge in [0.2, 0.25) is 0 Å². The molecule has 0 aliphatic heterocycles. The van der Waals surface area contributed by atoms with E-state index in [1.165, 1.54) is 102 Å².